The third kappa shape index (κ3) is 6.14. The maximum Gasteiger partial charge on any atom is 0.397 e. The normalized spacial score (nSPS) is 13.4. The lowest BCUT2D eigenvalue weighted by molar-refractivity contribution is -0.180. The largest absolute Gasteiger partial charge is 0.397 e. The molecule has 3 nitrogen and oxygen atoms in total. The van der Waals surface area contributed by atoms with Gasteiger partial charge >= 0.3 is 6.18 Å². The van der Waals surface area contributed by atoms with E-state index in [1.807, 2.05) is 31.2 Å². The van der Waals surface area contributed by atoms with Crippen LogP contribution in [0.3, 0.4) is 0 Å². The van der Waals surface area contributed by atoms with Gasteiger partial charge in [-0.2, -0.15) is 18.3 Å². The summed E-state index contributed by atoms with van der Waals surface area (Å²) in [5.41, 5.74) is 0.662. The summed E-state index contributed by atoms with van der Waals surface area (Å²) in [6.07, 6.45) is -2.60. The van der Waals surface area contributed by atoms with Gasteiger partial charge in [0.1, 0.15) is 5.69 Å². The van der Waals surface area contributed by atoms with Crippen LogP contribution in [-0.2, 0) is 18.4 Å². The van der Waals surface area contributed by atoms with Gasteiger partial charge in [-0.3, -0.25) is 4.68 Å². The summed E-state index contributed by atoms with van der Waals surface area (Å²) in [7, 11) is 0. The predicted molar refractivity (Wildman–Crippen MR) is 127 cm³/mol. The van der Waals surface area contributed by atoms with E-state index in [4.69, 9.17) is 0 Å². The Morgan fingerprint density at radius 1 is 0.971 bits per heavy atom. The molecule has 34 heavy (non-hydrogen) atoms. The van der Waals surface area contributed by atoms with E-state index in [0.717, 1.165) is 30.7 Å². The van der Waals surface area contributed by atoms with Crippen molar-refractivity contribution in [3.63, 3.8) is 0 Å². The zero-order chi connectivity index (χ0) is 25.3. The Labute approximate surface area is 197 Å². The van der Waals surface area contributed by atoms with E-state index in [1.54, 1.807) is 24.6 Å². The molecular formula is C27H30F4N2O. The minimum Gasteiger partial charge on any atom is -0.390 e. The van der Waals surface area contributed by atoms with Crippen molar-refractivity contribution in [2.45, 2.75) is 64.8 Å². The van der Waals surface area contributed by atoms with Crippen molar-refractivity contribution in [1.29, 1.82) is 0 Å². The molecule has 0 aliphatic carbocycles. The first-order valence-corrected chi connectivity index (χ1v) is 11.1. The van der Waals surface area contributed by atoms with Crippen LogP contribution < -0.4 is 0 Å². The first kappa shape index (κ1) is 25.7. The summed E-state index contributed by atoms with van der Waals surface area (Å²) in [6.45, 7) is 8.02. The van der Waals surface area contributed by atoms with Gasteiger partial charge in [-0.25, -0.2) is 4.39 Å². The van der Waals surface area contributed by atoms with Crippen molar-refractivity contribution in [3.8, 4) is 0 Å². The second-order valence-corrected chi connectivity index (χ2v) is 9.87. The summed E-state index contributed by atoms with van der Waals surface area (Å²) in [5, 5.41) is 14.4. The van der Waals surface area contributed by atoms with Gasteiger partial charge in [0.25, 0.3) is 0 Å². The second-order valence-electron chi connectivity index (χ2n) is 9.87. The highest BCUT2D eigenvalue weighted by Gasteiger charge is 2.48. The zero-order valence-corrected chi connectivity index (χ0v) is 20.0. The monoisotopic (exact) mass is 474 g/mol. The maximum atomic E-state index is 14.9. The van der Waals surface area contributed by atoms with Crippen LogP contribution in [-0.4, -0.2) is 26.7 Å². The van der Waals surface area contributed by atoms with Gasteiger partial charge in [-0.05, 0) is 69.0 Å². The first-order chi connectivity index (χ1) is 15.7. The molecule has 0 spiro atoms. The van der Waals surface area contributed by atoms with E-state index in [2.05, 4.69) is 5.10 Å². The molecule has 0 radical (unpaired) electrons. The average Bonchev–Trinajstić information content (AvgIpc) is 3.07. The highest BCUT2D eigenvalue weighted by Crippen LogP contribution is 2.40. The molecule has 1 aromatic heterocycles. The molecule has 1 N–H and O–H groups in total. The topological polar surface area (TPSA) is 38.0 Å². The Balaban J connectivity index is 1.78. The summed E-state index contributed by atoms with van der Waals surface area (Å²) in [6, 6.07) is 15.1. The number of aromatic nitrogens is 2. The molecule has 0 saturated heterocycles. The minimum absolute atomic E-state index is 0.115. The molecule has 0 aliphatic heterocycles. The number of alkyl halides is 3. The van der Waals surface area contributed by atoms with E-state index in [9.17, 15) is 22.7 Å². The number of rotatable bonds is 7. The molecule has 3 rings (SSSR count). The Morgan fingerprint density at radius 2 is 1.59 bits per heavy atom. The number of benzene rings is 2. The molecule has 0 saturated carbocycles. The van der Waals surface area contributed by atoms with Gasteiger partial charge in [0, 0.05) is 12.1 Å². The summed E-state index contributed by atoms with van der Waals surface area (Å²) < 4.78 is 56.3. The molecule has 2 aromatic carbocycles. The molecule has 0 fully saturated rings. The van der Waals surface area contributed by atoms with Crippen LogP contribution in [0, 0.1) is 6.92 Å². The summed E-state index contributed by atoms with van der Waals surface area (Å²) >= 11 is 0. The van der Waals surface area contributed by atoms with Crippen molar-refractivity contribution >= 4 is 11.9 Å². The molecule has 7 heteroatoms. The fraction of sp³-hybridized carbons (Fsp3) is 0.370. The molecule has 182 valence electrons. The first-order valence-electron chi connectivity index (χ1n) is 11.1. The van der Waals surface area contributed by atoms with Gasteiger partial charge in [0.05, 0.1) is 17.6 Å². The van der Waals surface area contributed by atoms with Crippen LogP contribution in [0.25, 0.3) is 11.9 Å². The van der Waals surface area contributed by atoms with Gasteiger partial charge in [0.2, 0.25) is 0 Å². The van der Waals surface area contributed by atoms with Crippen molar-refractivity contribution < 1.29 is 22.7 Å². The number of hydrogen-bond donors (Lipinski definition) is 1. The van der Waals surface area contributed by atoms with Crippen LogP contribution in [0.1, 0.15) is 61.3 Å². The molecular weight excluding hydrogens is 444 g/mol. The molecule has 0 amide bonds. The van der Waals surface area contributed by atoms with E-state index < -0.39 is 23.0 Å². The number of aliphatic hydroxyl groups is 1. The Morgan fingerprint density at radius 3 is 2.18 bits per heavy atom. The molecule has 3 aromatic rings. The quantitative estimate of drug-likeness (QED) is 0.380. The van der Waals surface area contributed by atoms with Gasteiger partial charge in [0.15, 0.2) is 5.83 Å². The third-order valence-electron chi connectivity index (χ3n) is 5.82. The lowest BCUT2D eigenvalue weighted by Gasteiger charge is -2.28. The van der Waals surface area contributed by atoms with Crippen molar-refractivity contribution in [2.75, 3.05) is 0 Å². The number of nitrogens with zero attached hydrogens (tertiary/aromatic N) is 2. The summed E-state index contributed by atoms with van der Waals surface area (Å²) in [4.78, 5) is 0. The molecule has 0 unspecified atom stereocenters. The Hall–Kier alpha value is -2.93. The standard InChI is InChI=1S/C27H30F4N2O/c1-18-13-24(32-33(18)17-21-8-6-7-20(14-21)16-25(2,3)34)23(28)15-19-9-11-22(12-10-19)26(4,5)27(29,30)31/h6-15,34H,16-17H2,1-5H3/b23-15-. The lowest BCUT2D eigenvalue weighted by Crippen LogP contribution is -2.36. The van der Waals surface area contributed by atoms with Crippen molar-refractivity contribution in [2.24, 2.45) is 0 Å². The molecule has 0 bridgehead atoms. The Kier molecular flexibility index (Phi) is 7.08. The smallest absolute Gasteiger partial charge is 0.390 e. The SMILES string of the molecule is Cc1cc(/C(F)=C/c2ccc(C(C)(C)C(F)(F)F)cc2)nn1Cc1cccc(CC(C)(C)O)c1. The lowest BCUT2D eigenvalue weighted by atomic mass is 9.83. The molecule has 1 heterocycles. The maximum absolute atomic E-state index is 14.9. The zero-order valence-electron chi connectivity index (χ0n) is 20.0. The van der Waals surface area contributed by atoms with E-state index in [1.165, 1.54) is 30.3 Å². The second kappa shape index (κ2) is 9.37. The van der Waals surface area contributed by atoms with Crippen LogP contribution in [0.5, 0.6) is 0 Å². The van der Waals surface area contributed by atoms with E-state index >= 15 is 0 Å². The van der Waals surface area contributed by atoms with Crippen LogP contribution in [0.2, 0.25) is 0 Å². The van der Waals surface area contributed by atoms with E-state index in [0.29, 0.717) is 18.5 Å². The average molecular weight is 475 g/mol. The highest BCUT2D eigenvalue weighted by atomic mass is 19.4. The van der Waals surface area contributed by atoms with Gasteiger partial charge in [-0.1, -0.05) is 48.5 Å². The fourth-order valence-corrected chi connectivity index (χ4v) is 3.68. The fourth-order valence-electron chi connectivity index (χ4n) is 3.68. The summed E-state index contributed by atoms with van der Waals surface area (Å²) in [5.74, 6) is -0.569. The minimum atomic E-state index is -4.38. The van der Waals surface area contributed by atoms with Crippen molar-refractivity contribution in [1.82, 2.24) is 9.78 Å². The Bertz CT molecular complexity index is 1170. The number of halogens is 4. The van der Waals surface area contributed by atoms with Crippen LogP contribution in [0.15, 0.2) is 54.6 Å². The molecule has 0 aliphatic rings. The van der Waals surface area contributed by atoms with Gasteiger partial charge < -0.3 is 5.11 Å². The third-order valence-corrected chi connectivity index (χ3v) is 5.82. The predicted octanol–water partition coefficient (Wildman–Crippen LogP) is 6.86. The number of hydrogen-bond acceptors (Lipinski definition) is 2. The van der Waals surface area contributed by atoms with Crippen LogP contribution in [0.4, 0.5) is 17.6 Å². The van der Waals surface area contributed by atoms with Gasteiger partial charge in [-0.15, -0.1) is 0 Å². The molecule has 0 atom stereocenters. The van der Waals surface area contributed by atoms with E-state index in [-0.39, 0.29) is 11.3 Å². The number of aryl methyl sites for hydroxylation is 1. The van der Waals surface area contributed by atoms with Crippen LogP contribution >= 0.6 is 0 Å². The highest BCUT2D eigenvalue weighted by molar-refractivity contribution is 5.75. The van der Waals surface area contributed by atoms with Crippen molar-refractivity contribution in [3.05, 3.63) is 88.2 Å².